The smallest absolute Gasteiger partial charge is 0.183 e. The van der Waals surface area contributed by atoms with Crippen molar-refractivity contribution < 1.29 is 16.8 Å². The van der Waals surface area contributed by atoms with E-state index < -0.39 is 31.0 Å². The van der Waals surface area contributed by atoms with Crippen molar-refractivity contribution in [2.45, 2.75) is 49.3 Å². The maximum Gasteiger partial charge on any atom is 0.183 e. The molecular weight excluding hydrogens is 334 g/mol. The Kier molecular flexibility index (Phi) is 5.86. The van der Waals surface area contributed by atoms with E-state index >= 15 is 0 Å². The Morgan fingerprint density at radius 1 is 1.13 bits per heavy atom. The molecule has 5 nitrogen and oxygen atoms in total. The van der Waals surface area contributed by atoms with Crippen molar-refractivity contribution in [2.75, 3.05) is 18.1 Å². The van der Waals surface area contributed by atoms with Crippen molar-refractivity contribution in [1.82, 2.24) is 5.32 Å². The number of aryl methyl sites for hydroxylation is 1. The molecule has 1 aliphatic heterocycles. The summed E-state index contributed by atoms with van der Waals surface area (Å²) in [5.74, 6) is -0.400. The molecule has 1 saturated heterocycles. The number of nitrogens with one attached hydrogen (secondary N) is 1. The molecule has 0 unspecified atom stereocenters. The van der Waals surface area contributed by atoms with Crippen LogP contribution in [0.1, 0.15) is 32.3 Å². The van der Waals surface area contributed by atoms with Crippen LogP contribution in [0.25, 0.3) is 0 Å². The van der Waals surface area contributed by atoms with Crippen LogP contribution in [0, 0.1) is 0 Å². The summed E-state index contributed by atoms with van der Waals surface area (Å²) in [7, 11) is -6.99. The first kappa shape index (κ1) is 18.4. The van der Waals surface area contributed by atoms with Gasteiger partial charge in [0.1, 0.15) is 0 Å². The van der Waals surface area contributed by atoms with Gasteiger partial charge < -0.3 is 5.32 Å². The van der Waals surface area contributed by atoms with Crippen molar-refractivity contribution >= 4 is 19.7 Å². The lowest BCUT2D eigenvalue weighted by atomic mass is 10.2. The average Bonchev–Trinajstić information content (AvgIpc) is 2.83. The lowest BCUT2D eigenvalue weighted by Crippen LogP contribution is -2.43. The molecule has 130 valence electrons. The molecule has 0 aliphatic carbocycles. The van der Waals surface area contributed by atoms with Gasteiger partial charge in [-0.15, -0.1) is 0 Å². The molecule has 1 fully saturated rings. The molecule has 2 atom stereocenters. The van der Waals surface area contributed by atoms with Gasteiger partial charge in [0, 0.05) is 6.04 Å². The highest BCUT2D eigenvalue weighted by Crippen LogP contribution is 2.26. The molecule has 1 aromatic carbocycles. The monoisotopic (exact) mass is 359 g/mol. The van der Waals surface area contributed by atoms with E-state index in [-0.39, 0.29) is 16.4 Å². The second-order valence-corrected chi connectivity index (χ2v) is 10.4. The SMILES string of the molecule is CCCCN[C@@H]1CS(=O)(=O)C[C@H]1S(=O)(=O)c1ccc(CC)cc1. The van der Waals surface area contributed by atoms with E-state index in [1.165, 1.54) is 0 Å². The zero-order valence-electron chi connectivity index (χ0n) is 13.7. The molecule has 1 aromatic rings. The van der Waals surface area contributed by atoms with Crippen LogP contribution in [0.15, 0.2) is 29.2 Å². The van der Waals surface area contributed by atoms with Gasteiger partial charge in [-0.3, -0.25) is 0 Å². The van der Waals surface area contributed by atoms with Crippen LogP contribution < -0.4 is 5.32 Å². The highest BCUT2D eigenvalue weighted by molar-refractivity contribution is 7.96. The third-order valence-corrected chi connectivity index (χ3v) is 8.46. The third kappa shape index (κ3) is 4.33. The Morgan fingerprint density at radius 3 is 2.35 bits per heavy atom. The summed E-state index contributed by atoms with van der Waals surface area (Å²) in [6, 6.07) is 6.22. The minimum absolute atomic E-state index is 0.104. The fraction of sp³-hybridized carbons (Fsp3) is 0.625. The van der Waals surface area contributed by atoms with Crippen molar-refractivity contribution in [2.24, 2.45) is 0 Å². The summed E-state index contributed by atoms with van der Waals surface area (Å²) < 4.78 is 49.6. The molecule has 1 aliphatic rings. The molecule has 0 amide bonds. The first-order chi connectivity index (χ1) is 10.8. The van der Waals surface area contributed by atoms with Gasteiger partial charge in [-0.2, -0.15) is 0 Å². The van der Waals surface area contributed by atoms with Gasteiger partial charge >= 0.3 is 0 Å². The molecule has 0 aromatic heterocycles. The first-order valence-electron chi connectivity index (χ1n) is 8.07. The van der Waals surface area contributed by atoms with Crippen LogP contribution in [0.5, 0.6) is 0 Å². The fourth-order valence-electron chi connectivity index (χ4n) is 2.87. The van der Waals surface area contributed by atoms with Gasteiger partial charge in [0.25, 0.3) is 0 Å². The molecule has 1 heterocycles. The van der Waals surface area contributed by atoms with E-state index in [0.29, 0.717) is 6.54 Å². The van der Waals surface area contributed by atoms with Crippen LogP contribution in [0.4, 0.5) is 0 Å². The molecule has 2 rings (SSSR count). The molecule has 0 spiro atoms. The first-order valence-corrected chi connectivity index (χ1v) is 11.4. The Bertz CT molecular complexity index is 724. The normalized spacial score (nSPS) is 23.9. The topological polar surface area (TPSA) is 80.3 Å². The van der Waals surface area contributed by atoms with Crippen molar-refractivity contribution in [1.29, 1.82) is 0 Å². The lowest BCUT2D eigenvalue weighted by Gasteiger charge is -2.20. The summed E-state index contributed by atoms with van der Waals surface area (Å²) in [5.41, 5.74) is 1.06. The van der Waals surface area contributed by atoms with E-state index in [1.807, 2.05) is 13.8 Å². The van der Waals surface area contributed by atoms with Gasteiger partial charge in [0.2, 0.25) is 0 Å². The standard InChI is InChI=1S/C16H25NO4S2/c1-3-5-10-17-15-11-22(18,19)12-16(15)23(20,21)14-8-6-13(4-2)7-9-14/h6-9,15-17H,3-5,10-12H2,1-2H3/t15-,16-/m1/s1. The van der Waals surface area contributed by atoms with Crippen LogP contribution in [-0.4, -0.2) is 46.2 Å². The van der Waals surface area contributed by atoms with E-state index in [0.717, 1.165) is 24.8 Å². The highest BCUT2D eigenvalue weighted by Gasteiger charge is 2.45. The number of rotatable bonds is 7. The van der Waals surface area contributed by atoms with E-state index in [2.05, 4.69) is 5.32 Å². The second kappa shape index (κ2) is 7.32. The summed E-state index contributed by atoms with van der Waals surface area (Å²) in [6.45, 7) is 4.68. The molecule has 0 bridgehead atoms. The summed E-state index contributed by atoms with van der Waals surface area (Å²) in [4.78, 5) is 0.207. The van der Waals surface area contributed by atoms with Crippen LogP contribution in [0.3, 0.4) is 0 Å². The molecule has 23 heavy (non-hydrogen) atoms. The van der Waals surface area contributed by atoms with Crippen molar-refractivity contribution in [3.63, 3.8) is 0 Å². The maximum absolute atomic E-state index is 12.9. The summed E-state index contributed by atoms with van der Waals surface area (Å²) >= 11 is 0. The Morgan fingerprint density at radius 2 is 1.78 bits per heavy atom. The van der Waals surface area contributed by atoms with Crippen LogP contribution >= 0.6 is 0 Å². The zero-order chi connectivity index (χ0) is 17.1. The highest BCUT2D eigenvalue weighted by atomic mass is 32.2. The Labute approximate surface area is 139 Å². The van der Waals surface area contributed by atoms with Gasteiger partial charge in [0.15, 0.2) is 19.7 Å². The molecular formula is C16H25NO4S2. The molecule has 7 heteroatoms. The fourth-order valence-corrected chi connectivity index (χ4v) is 7.58. The number of unbranched alkanes of at least 4 members (excludes halogenated alkanes) is 1. The summed E-state index contributed by atoms with van der Waals surface area (Å²) in [5, 5.41) is 2.22. The quantitative estimate of drug-likeness (QED) is 0.748. The lowest BCUT2D eigenvalue weighted by molar-refractivity contribution is 0.518. The predicted octanol–water partition coefficient (Wildman–Crippen LogP) is 1.58. The second-order valence-electron chi connectivity index (χ2n) is 6.07. The van der Waals surface area contributed by atoms with Crippen LogP contribution in [0.2, 0.25) is 0 Å². The van der Waals surface area contributed by atoms with E-state index in [4.69, 9.17) is 0 Å². The van der Waals surface area contributed by atoms with E-state index in [9.17, 15) is 16.8 Å². The predicted molar refractivity (Wildman–Crippen MR) is 92.1 cm³/mol. The van der Waals surface area contributed by atoms with Gasteiger partial charge in [-0.25, -0.2) is 16.8 Å². The molecule has 0 radical (unpaired) electrons. The number of benzene rings is 1. The average molecular weight is 360 g/mol. The van der Waals surface area contributed by atoms with Gasteiger partial charge in [-0.05, 0) is 37.1 Å². The third-order valence-electron chi connectivity index (χ3n) is 4.30. The van der Waals surface area contributed by atoms with E-state index in [1.54, 1.807) is 24.3 Å². The van der Waals surface area contributed by atoms with Gasteiger partial charge in [-0.1, -0.05) is 32.4 Å². The molecule has 0 saturated carbocycles. The number of sulfone groups is 2. The Hall–Kier alpha value is -0.920. The zero-order valence-corrected chi connectivity index (χ0v) is 15.3. The van der Waals surface area contributed by atoms with Crippen LogP contribution in [-0.2, 0) is 26.1 Å². The largest absolute Gasteiger partial charge is 0.312 e. The van der Waals surface area contributed by atoms with Crippen molar-refractivity contribution in [3.05, 3.63) is 29.8 Å². The number of hydrogen-bond donors (Lipinski definition) is 1. The number of hydrogen-bond acceptors (Lipinski definition) is 5. The van der Waals surface area contributed by atoms with Gasteiger partial charge in [0.05, 0.1) is 21.7 Å². The summed E-state index contributed by atoms with van der Waals surface area (Å²) in [6.07, 6.45) is 2.70. The molecule has 1 N–H and O–H groups in total. The van der Waals surface area contributed by atoms with Crippen molar-refractivity contribution in [3.8, 4) is 0 Å². The maximum atomic E-state index is 12.9. The Balaban J connectivity index is 2.27. The minimum atomic E-state index is -3.66. The minimum Gasteiger partial charge on any atom is -0.312 e.